The van der Waals surface area contributed by atoms with Gasteiger partial charge in [0.1, 0.15) is 0 Å². The molecule has 3 amide bonds. The van der Waals surface area contributed by atoms with Crippen LogP contribution in [0.15, 0.2) is 29.2 Å². The van der Waals surface area contributed by atoms with Gasteiger partial charge in [0.05, 0.1) is 5.69 Å². The summed E-state index contributed by atoms with van der Waals surface area (Å²) in [5, 5.41) is 3.00. The lowest BCUT2D eigenvalue weighted by molar-refractivity contribution is -0.138. The number of anilines is 1. The second-order valence-corrected chi connectivity index (χ2v) is 7.63. The smallest absolute Gasteiger partial charge is 0.321 e. The number of piperazine rings is 1. The van der Waals surface area contributed by atoms with Gasteiger partial charge in [-0.15, -0.1) is 11.8 Å². The van der Waals surface area contributed by atoms with E-state index in [-0.39, 0.29) is 11.9 Å². The average molecular weight is 362 g/mol. The minimum absolute atomic E-state index is 0.0775. The van der Waals surface area contributed by atoms with Crippen molar-refractivity contribution in [3.05, 3.63) is 24.3 Å². The number of nitrogens with one attached hydrogen (secondary N) is 1. The van der Waals surface area contributed by atoms with Crippen molar-refractivity contribution in [1.29, 1.82) is 0 Å². The zero-order valence-corrected chi connectivity index (χ0v) is 15.7. The number of para-hydroxylation sites is 1. The van der Waals surface area contributed by atoms with Gasteiger partial charge in [-0.2, -0.15) is 0 Å². The van der Waals surface area contributed by atoms with E-state index < -0.39 is 0 Å². The fourth-order valence-corrected chi connectivity index (χ4v) is 4.23. The fraction of sp³-hybridized carbons (Fsp3) is 0.579. The fourth-order valence-electron chi connectivity index (χ4n) is 3.68. The van der Waals surface area contributed by atoms with Crippen LogP contribution in [-0.4, -0.2) is 54.2 Å². The molecule has 1 aromatic carbocycles. The van der Waals surface area contributed by atoms with E-state index in [2.05, 4.69) is 5.32 Å². The Morgan fingerprint density at radius 3 is 2.32 bits per heavy atom. The maximum absolute atomic E-state index is 12.6. The largest absolute Gasteiger partial charge is 0.339 e. The number of rotatable bonds is 3. The van der Waals surface area contributed by atoms with E-state index in [1.165, 1.54) is 19.3 Å². The van der Waals surface area contributed by atoms with Crippen molar-refractivity contribution in [2.24, 2.45) is 5.92 Å². The molecule has 1 N–H and O–H groups in total. The third-order valence-electron chi connectivity index (χ3n) is 5.18. The summed E-state index contributed by atoms with van der Waals surface area (Å²) in [5.41, 5.74) is 0.848. The molecule has 2 fully saturated rings. The van der Waals surface area contributed by atoms with Crippen LogP contribution in [0.2, 0.25) is 0 Å². The summed E-state index contributed by atoms with van der Waals surface area (Å²) in [7, 11) is 0. The van der Waals surface area contributed by atoms with E-state index in [9.17, 15) is 9.59 Å². The van der Waals surface area contributed by atoms with Crippen molar-refractivity contribution in [3.8, 4) is 0 Å². The van der Waals surface area contributed by atoms with Gasteiger partial charge in [-0.3, -0.25) is 4.79 Å². The minimum atomic E-state index is -0.0775. The highest BCUT2D eigenvalue weighted by atomic mass is 32.2. The molecule has 1 heterocycles. The Morgan fingerprint density at radius 2 is 1.64 bits per heavy atom. The molecule has 5 nitrogen and oxygen atoms in total. The van der Waals surface area contributed by atoms with Crippen LogP contribution in [-0.2, 0) is 4.79 Å². The lowest BCUT2D eigenvalue weighted by Gasteiger charge is -2.37. The van der Waals surface area contributed by atoms with E-state index in [1.807, 2.05) is 40.3 Å². The zero-order chi connectivity index (χ0) is 17.6. The first kappa shape index (κ1) is 18.1. The van der Waals surface area contributed by atoms with Crippen LogP contribution < -0.4 is 5.32 Å². The highest BCUT2D eigenvalue weighted by Crippen LogP contribution is 2.27. The molecule has 136 valence electrons. The standard InChI is InChI=1S/C19H27N3O2S/c1-25-17-10-6-5-9-16(17)20-19(24)22-13-11-21(12-14-22)18(23)15-7-3-2-4-8-15/h5-6,9-10,15H,2-4,7-8,11-14H2,1H3,(H,20,24). The molecule has 0 radical (unpaired) electrons. The molecule has 0 spiro atoms. The summed E-state index contributed by atoms with van der Waals surface area (Å²) in [5.74, 6) is 0.509. The third kappa shape index (κ3) is 4.48. The summed E-state index contributed by atoms with van der Waals surface area (Å²) in [6, 6.07) is 7.74. The number of hydrogen-bond donors (Lipinski definition) is 1. The van der Waals surface area contributed by atoms with E-state index in [4.69, 9.17) is 0 Å². The summed E-state index contributed by atoms with van der Waals surface area (Å²) >= 11 is 1.62. The van der Waals surface area contributed by atoms with Crippen LogP contribution in [0.5, 0.6) is 0 Å². The van der Waals surface area contributed by atoms with Gasteiger partial charge in [-0.05, 0) is 31.2 Å². The van der Waals surface area contributed by atoms with Gasteiger partial charge >= 0.3 is 6.03 Å². The van der Waals surface area contributed by atoms with E-state index in [0.29, 0.717) is 32.1 Å². The molecule has 2 aliphatic rings. The van der Waals surface area contributed by atoms with Gasteiger partial charge in [-0.1, -0.05) is 31.4 Å². The minimum Gasteiger partial charge on any atom is -0.339 e. The Hall–Kier alpha value is -1.69. The topological polar surface area (TPSA) is 52.7 Å². The van der Waals surface area contributed by atoms with E-state index >= 15 is 0 Å². The second-order valence-electron chi connectivity index (χ2n) is 6.78. The van der Waals surface area contributed by atoms with Crippen LogP contribution in [0.3, 0.4) is 0 Å². The average Bonchev–Trinajstić information content (AvgIpc) is 2.68. The summed E-state index contributed by atoms with van der Waals surface area (Å²) in [6.45, 7) is 2.50. The quantitative estimate of drug-likeness (QED) is 0.836. The molecule has 1 saturated carbocycles. The lowest BCUT2D eigenvalue weighted by atomic mass is 9.88. The molecule has 1 aliphatic carbocycles. The van der Waals surface area contributed by atoms with Gasteiger partial charge in [0, 0.05) is 37.0 Å². The van der Waals surface area contributed by atoms with Gasteiger partial charge in [0.15, 0.2) is 0 Å². The molecule has 6 heteroatoms. The molecule has 0 unspecified atom stereocenters. The number of carbonyl (C=O) groups excluding carboxylic acids is 2. The molecule has 1 saturated heterocycles. The van der Waals surface area contributed by atoms with Crippen LogP contribution in [0.4, 0.5) is 10.5 Å². The molecule has 1 aromatic rings. The van der Waals surface area contributed by atoms with Gasteiger partial charge in [0.2, 0.25) is 5.91 Å². The maximum atomic E-state index is 12.6. The molecule has 0 atom stereocenters. The second kappa shape index (κ2) is 8.61. The van der Waals surface area contributed by atoms with Crippen molar-refractivity contribution in [2.45, 2.75) is 37.0 Å². The number of nitrogens with zero attached hydrogens (tertiary/aromatic N) is 2. The predicted octanol–water partition coefficient (Wildman–Crippen LogP) is 3.66. The number of amides is 3. The number of hydrogen-bond acceptors (Lipinski definition) is 3. The Morgan fingerprint density at radius 1 is 1.00 bits per heavy atom. The van der Waals surface area contributed by atoms with Crippen LogP contribution in [0.25, 0.3) is 0 Å². The van der Waals surface area contributed by atoms with Crippen molar-refractivity contribution in [3.63, 3.8) is 0 Å². The van der Waals surface area contributed by atoms with Crippen molar-refractivity contribution >= 4 is 29.4 Å². The summed E-state index contributed by atoms with van der Waals surface area (Å²) < 4.78 is 0. The van der Waals surface area contributed by atoms with Crippen LogP contribution in [0, 0.1) is 5.92 Å². The third-order valence-corrected chi connectivity index (χ3v) is 5.98. The van der Waals surface area contributed by atoms with Crippen molar-refractivity contribution < 1.29 is 9.59 Å². The molecular formula is C19H27N3O2S. The maximum Gasteiger partial charge on any atom is 0.321 e. The van der Waals surface area contributed by atoms with Gasteiger partial charge in [-0.25, -0.2) is 4.79 Å². The SMILES string of the molecule is CSc1ccccc1NC(=O)N1CCN(C(=O)C2CCCCC2)CC1. The monoisotopic (exact) mass is 361 g/mol. The number of urea groups is 1. The lowest BCUT2D eigenvalue weighted by Crippen LogP contribution is -2.53. The number of carbonyl (C=O) groups is 2. The van der Waals surface area contributed by atoms with Crippen LogP contribution in [0.1, 0.15) is 32.1 Å². The molecule has 1 aliphatic heterocycles. The molecule has 0 aromatic heterocycles. The first-order valence-corrected chi connectivity index (χ1v) is 10.4. The van der Waals surface area contributed by atoms with Crippen molar-refractivity contribution in [1.82, 2.24) is 9.80 Å². The first-order valence-electron chi connectivity index (χ1n) is 9.17. The molecule has 3 rings (SSSR count). The van der Waals surface area contributed by atoms with E-state index in [0.717, 1.165) is 23.4 Å². The van der Waals surface area contributed by atoms with E-state index in [1.54, 1.807) is 11.8 Å². The highest BCUT2D eigenvalue weighted by Gasteiger charge is 2.29. The molecule has 0 bridgehead atoms. The number of thioether (sulfide) groups is 1. The Kier molecular flexibility index (Phi) is 6.24. The molecule has 25 heavy (non-hydrogen) atoms. The molecular weight excluding hydrogens is 334 g/mol. The predicted molar refractivity (Wildman–Crippen MR) is 102 cm³/mol. The Balaban J connectivity index is 1.51. The summed E-state index contributed by atoms with van der Waals surface area (Å²) in [4.78, 5) is 29.9. The summed E-state index contributed by atoms with van der Waals surface area (Å²) in [6.07, 6.45) is 7.67. The zero-order valence-electron chi connectivity index (χ0n) is 14.9. The Labute approximate surface area is 154 Å². The van der Waals surface area contributed by atoms with Gasteiger partial charge in [0.25, 0.3) is 0 Å². The van der Waals surface area contributed by atoms with Crippen molar-refractivity contribution in [2.75, 3.05) is 37.8 Å². The Bertz CT molecular complexity index is 608. The normalized spacial score (nSPS) is 18.9. The highest BCUT2D eigenvalue weighted by molar-refractivity contribution is 7.98. The van der Waals surface area contributed by atoms with Gasteiger partial charge < -0.3 is 15.1 Å². The number of benzene rings is 1. The first-order chi connectivity index (χ1) is 12.2. The van der Waals surface area contributed by atoms with Crippen LogP contribution >= 0.6 is 11.8 Å².